The van der Waals surface area contributed by atoms with E-state index in [1.807, 2.05) is 18.2 Å². The molecule has 1 N–H and O–H groups in total. The number of halogens is 1. The van der Waals surface area contributed by atoms with Gasteiger partial charge in [-0.25, -0.2) is 0 Å². The van der Waals surface area contributed by atoms with Crippen LogP contribution in [0, 0.1) is 5.92 Å². The van der Waals surface area contributed by atoms with Gasteiger partial charge >= 0.3 is 0 Å². The molecule has 7 heteroatoms. The first-order valence-electron chi connectivity index (χ1n) is 9.05. The van der Waals surface area contributed by atoms with Crippen molar-refractivity contribution in [3.63, 3.8) is 0 Å². The van der Waals surface area contributed by atoms with E-state index < -0.39 is 0 Å². The van der Waals surface area contributed by atoms with Gasteiger partial charge in [0.05, 0.1) is 20.1 Å². The van der Waals surface area contributed by atoms with Gasteiger partial charge < -0.3 is 19.7 Å². The number of anilines is 1. The summed E-state index contributed by atoms with van der Waals surface area (Å²) in [4.78, 5) is 26.5. The van der Waals surface area contributed by atoms with Gasteiger partial charge in [0.25, 0.3) is 0 Å². The summed E-state index contributed by atoms with van der Waals surface area (Å²) < 4.78 is 10.6. The van der Waals surface area contributed by atoms with Crippen molar-refractivity contribution in [1.82, 2.24) is 4.90 Å². The van der Waals surface area contributed by atoms with Crippen LogP contribution in [0.4, 0.5) is 5.69 Å². The van der Waals surface area contributed by atoms with Crippen LogP contribution in [0.5, 0.6) is 11.5 Å². The Balaban J connectivity index is 1.56. The molecule has 1 atom stereocenters. The SMILES string of the molecule is COc1ccc(CCN2CC(C(=O)Nc3cccc(Cl)c3)CC2=O)cc1OC. The highest BCUT2D eigenvalue weighted by Crippen LogP contribution is 2.28. The molecule has 28 heavy (non-hydrogen) atoms. The summed E-state index contributed by atoms with van der Waals surface area (Å²) in [5.41, 5.74) is 1.67. The Morgan fingerprint density at radius 3 is 2.68 bits per heavy atom. The number of ether oxygens (including phenoxy) is 2. The fraction of sp³-hybridized carbons (Fsp3) is 0.333. The molecule has 0 aromatic heterocycles. The van der Waals surface area contributed by atoms with Crippen LogP contribution >= 0.6 is 11.6 Å². The molecule has 1 saturated heterocycles. The molecule has 0 spiro atoms. The third kappa shape index (κ3) is 4.75. The Kier molecular flexibility index (Phi) is 6.41. The van der Waals surface area contributed by atoms with Crippen LogP contribution in [0.3, 0.4) is 0 Å². The average molecular weight is 403 g/mol. The van der Waals surface area contributed by atoms with E-state index in [0.29, 0.717) is 41.7 Å². The molecule has 3 rings (SSSR count). The zero-order valence-electron chi connectivity index (χ0n) is 15.9. The maximum absolute atomic E-state index is 12.5. The molecule has 1 aliphatic heterocycles. The quantitative estimate of drug-likeness (QED) is 0.770. The monoisotopic (exact) mass is 402 g/mol. The largest absolute Gasteiger partial charge is 0.493 e. The number of rotatable bonds is 7. The van der Waals surface area contributed by atoms with Crippen molar-refractivity contribution in [3.05, 3.63) is 53.1 Å². The number of nitrogens with zero attached hydrogens (tertiary/aromatic N) is 1. The van der Waals surface area contributed by atoms with Crippen LogP contribution in [0.2, 0.25) is 5.02 Å². The Labute approximate surface area is 169 Å². The predicted octanol–water partition coefficient (Wildman–Crippen LogP) is 3.39. The third-order valence-corrected chi connectivity index (χ3v) is 5.03. The molecular weight excluding hydrogens is 380 g/mol. The number of nitrogens with one attached hydrogen (secondary N) is 1. The molecule has 0 saturated carbocycles. The zero-order valence-corrected chi connectivity index (χ0v) is 16.7. The Bertz CT molecular complexity index is 871. The average Bonchev–Trinajstić information content (AvgIpc) is 3.07. The molecule has 2 amide bonds. The van der Waals surface area contributed by atoms with Crippen molar-refractivity contribution < 1.29 is 19.1 Å². The Hall–Kier alpha value is -2.73. The maximum atomic E-state index is 12.5. The Morgan fingerprint density at radius 1 is 1.18 bits per heavy atom. The minimum absolute atomic E-state index is 0.00767. The van der Waals surface area contributed by atoms with Gasteiger partial charge in [-0.15, -0.1) is 0 Å². The molecular formula is C21H23ClN2O4. The number of carbonyl (C=O) groups excluding carboxylic acids is 2. The highest BCUT2D eigenvalue weighted by atomic mass is 35.5. The first kappa shape index (κ1) is 20.0. The van der Waals surface area contributed by atoms with Crippen LogP contribution < -0.4 is 14.8 Å². The number of amides is 2. The van der Waals surface area contributed by atoms with Crippen molar-refractivity contribution >= 4 is 29.1 Å². The van der Waals surface area contributed by atoms with E-state index in [1.54, 1.807) is 43.4 Å². The molecule has 2 aromatic rings. The van der Waals surface area contributed by atoms with E-state index in [0.717, 1.165) is 5.56 Å². The summed E-state index contributed by atoms with van der Waals surface area (Å²) in [5.74, 6) is 0.792. The smallest absolute Gasteiger partial charge is 0.229 e. The molecule has 0 radical (unpaired) electrons. The van der Waals surface area contributed by atoms with E-state index in [-0.39, 0.29) is 24.2 Å². The van der Waals surface area contributed by atoms with Gasteiger partial charge in [0.2, 0.25) is 11.8 Å². The minimum Gasteiger partial charge on any atom is -0.493 e. The summed E-state index contributed by atoms with van der Waals surface area (Å²) in [5, 5.41) is 3.39. The number of benzene rings is 2. The summed E-state index contributed by atoms with van der Waals surface area (Å²) in [7, 11) is 3.18. The summed E-state index contributed by atoms with van der Waals surface area (Å²) in [6, 6.07) is 12.7. The van der Waals surface area contributed by atoms with Crippen molar-refractivity contribution in [2.24, 2.45) is 5.92 Å². The summed E-state index contributed by atoms with van der Waals surface area (Å²) >= 11 is 5.94. The second-order valence-electron chi connectivity index (χ2n) is 6.68. The van der Waals surface area contributed by atoms with Gasteiger partial charge in [-0.05, 0) is 42.3 Å². The third-order valence-electron chi connectivity index (χ3n) is 4.80. The molecule has 148 valence electrons. The van der Waals surface area contributed by atoms with Crippen LogP contribution in [-0.4, -0.2) is 44.0 Å². The number of carbonyl (C=O) groups is 2. The van der Waals surface area contributed by atoms with Gasteiger partial charge in [0.15, 0.2) is 11.5 Å². The lowest BCUT2D eigenvalue weighted by Crippen LogP contribution is -2.30. The van der Waals surface area contributed by atoms with Gasteiger partial charge in [-0.3, -0.25) is 9.59 Å². The van der Waals surface area contributed by atoms with E-state index in [2.05, 4.69) is 5.32 Å². The number of hydrogen-bond donors (Lipinski definition) is 1. The fourth-order valence-corrected chi connectivity index (χ4v) is 3.46. The number of methoxy groups -OCH3 is 2. The van der Waals surface area contributed by atoms with Crippen molar-refractivity contribution in [2.75, 3.05) is 32.6 Å². The summed E-state index contributed by atoms with van der Waals surface area (Å²) in [6.07, 6.45) is 0.896. The minimum atomic E-state index is -0.364. The fourth-order valence-electron chi connectivity index (χ4n) is 3.27. The zero-order chi connectivity index (χ0) is 20.1. The van der Waals surface area contributed by atoms with E-state index in [4.69, 9.17) is 21.1 Å². The lowest BCUT2D eigenvalue weighted by Gasteiger charge is -2.17. The van der Waals surface area contributed by atoms with Gasteiger partial charge in [0.1, 0.15) is 0 Å². The molecule has 2 aromatic carbocycles. The van der Waals surface area contributed by atoms with Crippen molar-refractivity contribution in [3.8, 4) is 11.5 Å². The molecule has 6 nitrogen and oxygen atoms in total. The van der Waals surface area contributed by atoms with E-state index >= 15 is 0 Å². The first-order chi connectivity index (χ1) is 13.5. The molecule has 0 aliphatic carbocycles. The van der Waals surface area contributed by atoms with Crippen LogP contribution in [-0.2, 0) is 16.0 Å². The first-order valence-corrected chi connectivity index (χ1v) is 9.43. The lowest BCUT2D eigenvalue weighted by atomic mass is 10.1. The van der Waals surface area contributed by atoms with Crippen LogP contribution in [0.15, 0.2) is 42.5 Å². The van der Waals surface area contributed by atoms with Gasteiger partial charge in [0, 0.05) is 30.2 Å². The molecule has 1 heterocycles. The predicted molar refractivity (Wildman–Crippen MR) is 108 cm³/mol. The van der Waals surface area contributed by atoms with Crippen molar-refractivity contribution in [1.29, 1.82) is 0 Å². The molecule has 1 unspecified atom stereocenters. The Morgan fingerprint density at radius 2 is 1.96 bits per heavy atom. The van der Waals surface area contributed by atoms with Crippen LogP contribution in [0.25, 0.3) is 0 Å². The topological polar surface area (TPSA) is 67.9 Å². The van der Waals surface area contributed by atoms with E-state index in [1.165, 1.54) is 0 Å². The second-order valence-corrected chi connectivity index (χ2v) is 7.12. The van der Waals surface area contributed by atoms with Crippen molar-refractivity contribution in [2.45, 2.75) is 12.8 Å². The highest BCUT2D eigenvalue weighted by Gasteiger charge is 2.34. The van der Waals surface area contributed by atoms with Crippen LogP contribution in [0.1, 0.15) is 12.0 Å². The lowest BCUT2D eigenvalue weighted by molar-refractivity contribution is -0.128. The van der Waals surface area contributed by atoms with Gasteiger partial charge in [-0.1, -0.05) is 23.7 Å². The molecule has 1 aliphatic rings. The number of likely N-dealkylation sites (tertiary alicyclic amines) is 1. The second kappa shape index (κ2) is 8.97. The molecule has 0 bridgehead atoms. The highest BCUT2D eigenvalue weighted by molar-refractivity contribution is 6.30. The normalized spacial score (nSPS) is 16.2. The summed E-state index contributed by atoms with van der Waals surface area (Å²) in [6.45, 7) is 0.966. The molecule has 1 fully saturated rings. The maximum Gasteiger partial charge on any atom is 0.229 e. The van der Waals surface area contributed by atoms with E-state index in [9.17, 15) is 9.59 Å². The standard InChI is InChI=1S/C21H23ClN2O4/c1-27-18-7-6-14(10-19(18)28-2)8-9-24-13-15(11-20(24)25)21(26)23-17-5-3-4-16(22)12-17/h3-7,10,12,15H,8-9,11,13H2,1-2H3,(H,23,26). The van der Waals surface area contributed by atoms with Gasteiger partial charge in [-0.2, -0.15) is 0 Å². The number of hydrogen-bond acceptors (Lipinski definition) is 4.